The molecule has 2 heteroatoms. The van der Waals surface area contributed by atoms with Crippen LogP contribution >= 0.6 is 0 Å². The number of carbonyl (C=O) groups excluding carboxylic acids is 1. The molecule has 0 amide bonds. The molecule has 0 heterocycles. The summed E-state index contributed by atoms with van der Waals surface area (Å²) in [7, 11) is 0. The van der Waals surface area contributed by atoms with E-state index in [2.05, 4.69) is 27.4 Å². The molecular weight excluding hydrogens is 248 g/mol. The van der Waals surface area contributed by atoms with E-state index >= 15 is 0 Å². The Kier molecular flexibility index (Phi) is 7.06. The van der Waals surface area contributed by atoms with E-state index in [1.807, 2.05) is 18.2 Å². The molecule has 0 spiro atoms. The van der Waals surface area contributed by atoms with E-state index in [-0.39, 0.29) is 0 Å². The lowest BCUT2D eigenvalue weighted by atomic mass is 9.95. The van der Waals surface area contributed by atoms with Crippen molar-refractivity contribution in [2.24, 2.45) is 0 Å². The van der Waals surface area contributed by atoms with E-state index in [4.69, 9.17) is 4.74 Å². The molecule has 0 radical (unpaired) electrons. The number of rotatable bonds is 9. The van der Waals surface area contributed by atoms with E-state index in [1.165, 1.54) is 12.8 Å². The van der Waals surface area contributed by atoms with E-state index in [0.29, 0.717) is 11.5 Å². The van der Waals surface area contributed by atoms with Crippen LogP contribution in [0.1, 0.15) is 67.4 Å². The number of ether oxygens (including phenoxy) is 1. The molecule has 0 N–H and O–H groups in total. The number of allylic oxidation sites excluding steroid dienone is 1. The standard InChI is InChI=1S/C18H26O2/c1-5-7-8-10-20-18-16(9-6-2)11-15(13-19)12-17(18)14(3)4/h6,11-14H,2,5,7-10H2,1,3-4H3. The predicted octanol–water partition coefficient (Wildman–Crippen LogP) is 4.92. The minimum atomic E-state index is 0.333. The van der Waals surface area contributed by atoms with Gasteiger partial charge in [0, 0.05) is 5.56 Å². The van der Waals surface area contributed by atoms with Crippen LogP contribution in [0, 0.1) is 0 Å². The van der Waals surface area contributed by atoms with Gasteiger partial charge in [-0.1, -0.05) is 39.7 Å². The Hall–Kier alpha value is -1.57. The average Bonchev–Trinajstić information content (AvgIpc) is 2.44. The first kappa shape index (κ1) is 16.5. The quantitative estimate of drug-likeness (QED) is 0.363. The Morgan fingerprint density at radius 1 is 1.30 bits per heavy atom. The normalized spacial score (nSPS) is 10.6. The van der Waals surface area contributed by atoms with Crippen LogP contribution < -0.4 is 4.74 Å². The third kappa shape index (κ3) is 4.52. The molecule has 0 saturated carbocycles. The largest absolute Gasteiger partial charge is 0.493 e. The van der Waals surface area contributed by atoms with Crippen molar-refractivity contribution in [1.82, 2.24) is 0 Å². The van der Waals surface area contributed by atoms with Gasteiger partial charge in [0.15, 0.2) is 0 Å². The molecule has 1 aromatic carbocycles. The lowest BCUT2D eigenvalue weighted by molar-refractivity contribution is 0.112. The number of hydrogen-bond acceptors (Lipinski definition) is 2. The maximum absolute atomic E-state index is 11.1. The summed E-state index contributed by atoms with van der Waals surface area (Å²) in [5.74, 6) is 1.28. The zero-order valence-electron chi connectivity index (χ0n) is 12.9. The second-order valence-corrected chi connectivity index (χ2v) is 5.42. The molecule has 2 nitrogen and oxygen atoms in total. The molecule has 1 aromatic rings. The summed E-state index contributed by atoms with van der Waals surface area (Å²) < 4.78 is 6.02. The first-order valence-electron chi connectivity index (χ1n) is 7.49. The van der Waals surface area contributed by atoms with E-state index in [0.717, 1.165) is 42.6 Å². The Labute approximate surface area is 122 Å². The first-order valence-corrected chi connectivity index (χ1v) is 7.49. The van der Waals surface area contributed by atoms with Gasteiger partial charge in [0.1, 0.15) is 12.0 Å². The Bertz CT molecular complexity index is 447. The zero-order chi connectivity index (χ0) is 15.0. The number of hydrogen-bond donors (Lipinski definition) is 0. The van der Waals surface area contributed by atoms with Crippen LogP contribution in [0.3, 0.4) is 0 Å². The number of aldehydes is 1. The van der Waals surface area contributed by atoms with Gasteiger partial charge in [-0.2, -0.15) is 0 Å². The van der Waals surface area contributed by atoms with Crippen LogP contribution in [-0.4, -0.2) is 12.9 Å². The summed E-state index contributed by atoms with van der Waals surface area (Å²) in [6, 6.07) is 3.86. The van der Waals surface area contributed by atoms with Gasteiger partial charge in [-0.05, 0) is 42.0 Å². The van der Waals surface area contributed by atoms with Crippen LogP contribution in [0.2, 0.25) is 0 Å². The van der Waals surface area contributed by atoms with Crippen LogP contribution in [0.15, 0.2) is 24.8 Å². The topological polar surface area (TPSA) is 26.3 Å². The molecular formula is C18H26O2. The summed E-state index contributed by atoms with van der Waals surface area (Å²) in [6.45, 7) is 11.0. The van der Waals surface area contributed by atoms with Crippen molar-refractivity contribution in [3.05, 3.63) is 41.5 Å². The highest BCUT2D eigenvalue weighted by atomic mass is 16.5. The van der Waals surface area contributed by atoms with E-state index < -0.39 is 0 Å². The molecule has 0 bridgehead atoms. The monoisotopic (exact) mass is 274 g/mol. The fourth-order valence-electron chi connectivity index (χ4n) is 2.25. The second kappa shape index (κ2) is 8.57. The van der Waals surface area contributed by atoms with Gasteiger partial charge >= 0.3 is 0 Å². The maximum Gasteiger partial charge on any atom is 0.150 e. The number of benzene rings is 1. The van der Waals surface area contributed by atoms with Crippen LogP contribution in [0.4, 0.5) is 0 Å². The van der Waals surface area contributed by atoms with Crippen molar-refractivity contribution in [3.8, 4) is 5.75 Å². The average molecular weight is 274 g/mol. The molecule has 0 aromatic heterocycles. The smallest absolute Gasteiger partial charge is 0.150 e. The maximum atomic E-state index is 11.1. The molecule has 0 unspecified atom stereocenters. The summed E-state index contributed by atoms with van der Waals surface area (Å²) in [6.07, 6.45) is 6.91. The lowest BCUT2D eigenvalue weighted by Crippen LogP contribution is -2.05. The zero-order valence-corrected chi connectivity index (χ0v) is 12.9. The van der Waals surface area contributed by atoms with Gasteiger partial charge in [-0.25, -0.2) is 0 Å². The van der Waals surface area contributed by atoms with Gasteiger partial charge < -0.3 is 4.74 Å². The molecule has 0 atom stereocenters. The predicted molar refractivity (Wildman–Crippen MR) is 84.8 cm³/mol. The molecule has 0 saturated heterocycles. The fraction of sp³-hybridized carbons (Fsp3) is 0.500. The number of carbonyl (C=O) groups is 1. The highest BCUT2D eigenvalue weighted by Crippen LogP contribution is 2.32. The Morgan fingerprint density at radius 2 is 2.05 bits per heavy atom. The molecule has 0 aliphatic rings. The van der Waals surface area contributed by atoms with E-state index in [1.54, 1.807) is 0 Å². The van der Waals surface area contributed by atoms with Crippen molar-refractivity contribution in [3.63, 3.8) is 0 Å². The summed E-state index contributed by atoms with van der Waals surface area (Å²) >= 11 is 0. The third-order valence-electron chi connectivity index (χ3n) is 3.33. The highest BCUT2D eigenvalue weighted by molar-refractivity contribution is 5.76. The van der Waals surface area contributed by atoms with Crippen molar-refractivity contribution >= 4 is 6.29 Å². The third-order valence-corrected chi connectivity index (χ3v) is 3.33. The van der Waals surface area contributed by atoms with Crippen molar-refractivity contribution in [2.45, 2.75) is 52.4 Å². The highest BCUT2D eigenvalue weighted by Gasteiger charge is 2.14. The summed E-state index contributed by atoms with van der Waals surface area (Å²) in [5, 5.41) is 0. The summed E-state index contributed by atoms with van der Waals surface area (Å²) in [5.41, 5.74) is 2.89. The van der Waals surface area contributed by atoms with Crippen molar-refractivity contribution < 1.29 is 9.53 Å². The molecule has 0 aliphatic carbocycles. The second-order valence-electron chi connectivity index (χ2n) is 5.42. The Balaban J connectivity index is 3.07. The minimum absolute atomic E-state index is 0.333. The molecule has 20 heavy (non-hydrogen) atoms. The van der Waals surface area contributed by atoms with E-state index in [9.17, 15) is 4.79 Å². The van der Waals surface area contributed by atoms with Gasteiger partial charge in [0.2, 0.25) is 0 Å². The summed E-state index contributed by atoms with van der Waals surface area (Å²) in [4.78, 5) is 11.1. The Morgan fingerprint density at radius 3 is 2.60 bits per heavy atom. The fourth-order valence-corrected chi connectivity index (χ4v) is 2.25. The SMILES string of the molecule is C=CCc1cc(C=O)cc(C(C)C)c1OCCCCC. The van der Waals surface area contributed by atoms with Gasteiger partial charge in [-0.15, -0.1) is 6.58 Å². The molecule has 1 rings (SSSR count). The van der Waals surface area contributed by atoms with Gasteiger partial charge in [-0.3, -0.25) is 4.79 Å². The molecule has 0 fully saturated rings. The van der Waals surface area contributed by atoms with Crippen molar-refractivity contribution in [2.75, 3.05) is 6.61 Å². The van der Waals surface area contributed by atoms with Crippen LogP contribution in [0.25, 0.3) is 0 Å². The van der Waals surface area contributed by atoms with Gasteiger partial charge in [0.25, 0.3) is 0 Å². The molecule has 110 valence electrons. The van der Waals surface area contributed by atoms with Crippen LogP contribution in [0.5, 0.6) is 5.75 Å². The van der Waals surface area contributed by atoms with Gasteiger partial charge in [0.05, 0.1) is 6.61 Å². The van der Waals surface area contributed by atoms with Crippen LogP contribution in [-0.2, 0) is 6.42 Å². The molecule has 0 aliphatic heterocycles. The number of unbranched alkanes of at least 4 members (excludes halogenated alkanes) is 2. The van der Waals surface area contributed by atoms with Crippen molar-refractivity contribution in [1.29, 1.82) is 0 Å². The lowest BCUT2D eigenvalue weighted by Gasteiger charge is -2.18. The minimum Gasteiger partial charge on any atom is -0.493 e. The first-order chi connectivity index (χ1) is 9.63.